The lowest BCUT2D eigenvalue weighted by Gasteiger charge is -2.37. The van der Waals surface area contributed by atoms with Gasteiger partial charge in [-0.15, -0.1) is 11.8 Å². The van der Waals surface area contributed by atoms with Crippen LogP contribution in [0.4, 0.5) is 5.69 Å². The highest BCUT2D eigenvalue weighted by atomic mass is 79.9. The van der Waals surface area contributed by atoms with Crippen LogP contribution in [0.5, 0.6) is 0 Å². The fourth-order valence-corrected chi connectivity index (χ4v) is 10.6. The Hall–Kier alpha value is -2.88. The van der Waals surface area contributed by atoms with E-state index in [-0.39, 0.29) is 34.4 Å². The highest BCUT2D eigenvalue weighted by Gasteiger charge is 2.76. The third-order valence-corrected chi connectivity index (χ3v) is 12.0. The summed E-state index contributed by atoms with van der Waals surface area (Å²) in [6, 6.07) is 22.0. The maximum atomic E-state index is 14.4. The standard InChI is InChI=1S/C32H34BrN3O4S/c1-2-14-34-29(38)25-26-31(40)36(23(18-37)15-19-8-4-3-5-9-19)28(32(26)17-24(33)27(25)41-32)30(39)35-22-13-12-20-10-6-7-11-21(20)16-22/h3-13,16,23-28,37H,2,14-15,17-18H2,1H3,(H,34,38)(H,35,39)/t23-,24?,25-,26+,27-,28?,32?/m1/s1. The third kappa shape index (κ3) is 4.85. The number of alkyl halides is 1. The van der Waals surface area contributed by atoms with Crippen molar-refractivity contribution in [2.75, 3.05) is 18.5 Å². The van der Waals surface area contributed by atoms with Gasteiger partial charge >= 0.3 is 0 Å². The quantitative estimate of drug-likeness (QED) is 0.303. The Morgan fingerprint density at radius 1 is 1.07 bits per heavy atom. The SMILES string of the molecule is CCCNC(=O)[C@H]1[C@@H]2SC3(CC2Br)C(C(=O)Nc2ccc4ccccc4c2)N([C@@H](CO)Cc2ccccc2)C(=O)[C@H]13. The number of halogens is 1. The van der Waals surface area contributed by atoms with Gasteiger partial charge in [0.1, 0.15) is 6.04 Å². The van der Waals surface area contributed by atoms with Gasteiger partial charge in [-0.1, -0.05) is 83.5 Å². The van der Waals surface area contributed by atoms with Crippen molar-refractivity contribution in [3.63, 3.8) is 0 Å². The number of aliphatic hydroxyl groups excluding tert-OH is 1. The van der Waals surface area contributed by atoms with Gasteiger partial charge in [0.25, 0.3) is 0 Å². The molecule has 0 radical (unpaired) electrons. The van der Waals surface area contributed by atoms with Crippen molar-refractivity contribution in [2.24, 2.45) is 11.8 Å². The first-order valence-corrected chi connectivity index (χ1v) is 16.0. The summed E-state index contributed by atoms with van der Waals surface area (Å²) in [6.45, 7) is 2.24. The normalized spacial score (nSPS) is 29.0. The topological polar surface area (TPSA) is 98.7 Å². The Balaban J connectivity index is 1.39. The average molecular weight is 637 g/mol. The minimum absolute atomic E-state index is 0.00783. The summed E-state index contributed by atoms with van der Waals surface area (Å²) in [4.78, 5) is 43.9. The molecule has 2 bridgehead atoms. The number of likely N-dealkylation sites (tertiary alicyclic amines) is 1. The van der Waals surface area contributed by atoms with Crippen molar-refractivity contribution in [1.82, 2.24) is 10.2 Å². The van der Waals surface area contributed by atoms with Crippen molar-refractivity contribution in [2.45, 2.75) is 53.1 Å². The number of thioether (sulfide) groups is 1. The number of hydrogen-bond acceptors (Lipinski definition) is 5. The van der Waals surface area contributed by atoms with Gasteiger partial charge in [0, 0.05) is 22.3 Å². The molecule has 3 aromatic rings. The minimum atomic E-state index is -0.841. The molecule has 3 aliphatic rings. The van der Waals surface area contributed by atoms with Gasteiger partial charge in [0.05, 0.1) is 29.2 Å². The Labute approximate surface area is 252 Å². The second-order valence-corrected chi connectivity index (χ2v) is 14.0. The summed E-state index contributed by atoms with van der Waals surface area (Å²) >= 11 is 5.42. The van der Waals surface area contributed by atoms with Crippen LogP contribution in [0.1, 0.15) is 25.3 Å². The second-order valence-electron chi connectivity index (χ2n) is 11.3. The van der Waals surface area contributed by atoms with E-state index in [1.165, 1.54) is 0 Å². The molecule has 7 nitrogen and oxygen atoms in total. The first-order valence-electron chi connectivity index (χ1n) is 14.2. The highest BCUT2D eigenvalue weighted by molar-refractivity contribution is 9.09. The lowest BCUT2D eigenvalue weighted by atomic mass is 9.70. The van der Waals surface area contributed by atoms with Crippen LogP contribution in [0.25, 0.3) is 10.8 Å². The van der Waals surface area contributed by atoms with E-state index >= 15 is 0 Å². The number of fused-ring (bicyclic) bond motifs is 2. The molecule has 3 saturated heterocycles. The highest BCUT2D eigenvalue weighted by Crippen LogP contribution is 2.68. The molecular weight excluding hydrogens is 602 g/mol. The van der Waals surface area contributed by atoms with Crippen LogP contribution >= 0.6 is 27.7 Å². The number of aliphatic hydroxyl groups is 1. The molecule has 1 spiro atoms. The zero-order valence-electron chi connectivity index (χ0n) is 22.8. The maximum absolute atomic E-state index is 14.4. The summed E-state index contributed by atoms with van der Waals surface area (Å²) in [5.41, 5.74) is 1.62. The van der Waals surface area contributed by atoms with Crippen molar-refractivity contribution >= 4 is 61.9 Å². The molecule has 41 heavy (non-hydrogen) atoms. The van der Waals surface area contributed by atoms with E-state index in [9.17, 15) is 19.5 Å². The summed E-state index contributed by atoms with van der Waals surface area (Å²) in [5, 5.41) is 18.7. The Morgan fingerprint density at radius 3 is 2.54 bits per heavy atom. The van der Waals surface area contributed by atoms with Crippen molar-refractivity contribution < 1.29 is 19.5 Å². The molecule has 3 fully saturated rings. The number of anilines is 1. The molecule has 3 aliphatic heterocycles. The van der Waals surface area contributed by atoms with Crippen LogP contribution in [-0.2, 0) is 20.8 Å². The summed E-state index contributed by atoms with van der Waals surface area (Å²) in [5.74, 6) is -1.82. The zero-order valence-corrected chi connectivity index (χ0v) is 25.2. The van der Waals surface area contributed by atoms with E-state index in [1.807, 2.05) is 79.7 Å². The summed E-state index contributed by atoms with van der Waals surface area (Å²) in [6.07, 6.45) is 1.79. The molecule has 3 aromatic carbocycles. The van der Waals surface area contributed by atoms with E-state index < -0.39 is 28.7 Å². The molecular formula is C32H34BrN3O4S. The van der Waals surface area contributed by atoms with Gasteiger partial charge in [-0.3, -0.25) is 14.4 Å². The first-order chi connectivity index (χ1) is 19.9. The van der Waals surface area contributed by atoms with Gasteiger partial charge in [-0.05, 0) is 47.7 Å². The zero-order chi connectivity index (χ0) is 28.7. The van der Waals surface area contributed by atoms with E-state index in [1.54, 1.807) is 16.7 Å². The van der Waals surface area contributed by atoms with E-state index in [0.29, 0.717) is 25.1 Å². The Bertz CT molecular complexity index is 1470. The number of hydrogen-bond donors (Lipinski definition) is 3. The predicted molar refractivity (Wildman–Crippen MR) is 166 cm³/mol. The molecule has 0 aromatic heterocycles. The summed E-state index contributed by atoms with van der Waals surface area (Å²) < 4.78 is -0.783. The van der Waals surface area contributed by atoms with Crippen molar-refractivity contribution in [1.29, 1.82) is 0 Å². The molecule has 3 amide bonds. The van der Waals surface area contributed by atoms with Crippen LogP contribution in [0.15, 0.2) is 72.8 Å². The van der Waals surface area contributed by atoms with E-state index in [4.69, 9.17) is 0 Å². The van der Waals surface area contributed by atoms with E-state index in [0.717, 1.165) is 22.8 Å². The third-order valence-electron chi connectivity index (χ3n) is 8.76. The number of nitrogens with zero attached hydrogens (tertiary/aromatic N) is 1. The average Bonchev–Trinajstić information content (AvgIpc) is 3.58. The molecule has 3 unspecified atom stereocenters. The molecule has 214 valence electrons. The fourth-order valence-electron chi connectivity index (χ4n) is 7.04. The van der Waals surface area contributed by atoms with Gasteiger partial charge in [0.2, 0.25) is 17.7 Å². The number of amides is 3. The molecule has 9 heteroatoms. The van der Waals surface area contributed by atoms with Crippen LogP contribution in [0.2, 0.25) is 0 Å². The van der Waals surface area contributed by atoms with Crippen LogP contribution in [-0.4, -0.2) is 67.8 Å². The monoisotopic (exact) mass is 635 g/mol. The minimum Gasteiger partial charge on any atom is -0.394 e. The van der Waals surface area contributed by atoms with E-state index in [2.05, 4.69) is 26.6 Å². The maximum Gasteiger partial charge on any atom is 0.248 e. The molecule has 0 saturated carbocycles. The number of rotatable bonds is 9. The Morgan fingerprint density at radius 2 is 1.80 bits per heavy atom. The number of carbonyl (C=O) groups excluding carboxylic acids is 3. The molecule has 0 aliphatic carbocycles. The summed E-state index contributed by atoms with van der Waals surface area (Å²) in [7, 11) is 0. The number of benzene rings is 3. The van der Waals surface area contributed by atoms with Gasteiger partial charge < -0.3 is 20.6 Å². The lowest BCUT2D eigenvalue weighted by molar-refractivity contribution is -0.142. The molecule has 7 atom stereocenters. The Kier molecular flexibility index (Phi) is 7.87. The van der Waals surface area contributed by atoms with Crippen LogP contribution in [0, 0.1) is 11.8 Å². The molecule has 3 heterocycles. The van der Waals surface area contributed by atoms with Crippen LogP contribution < -0.4 is 10.6 Å². The largest absolute Gasteiger partial charge is 0.394 e. The number of carbonyl (C=O) groups is 3. The van der Waals surface area contributed by atoms with Gasteiger partial charge in [0.15, 0.2) is 0 Å². The molecule has 6 rings (SSSR count). The fraction of sp³-hybridized carbons (Fsp3) is 0.406. The first kappa shape index (κ1) is 28.2. The van der Waals surface area contributed by atoms with Gasteiger partial charge in [-0.2, -0.15) is 0 Å². The molecule has 3 N–H and O–H groups in total. The van der Waals surface area contributed by atoms with Crippen LogP contribution in [0.3, 0.4) is 0 Å². The van der Waals surface area contributed by atoms with Gasteiger partial charge in [-0.25, -0.2) is 0 Å². The smallest absolute Gasteiger partial charge is 0.248 e. The lowest BCUT2D eigenvalue weighted by Crippen LogP contribution is -2.55. The second kappa shape index (κ2) is 11.4. The predicted octanol–water partition coefficient (Wildman–Crippen LogP) is 4.37. The van der Waals surface area contributed by atoms with Crippen molar-refractivity contribution in [3.8, 4) is 0 Å². The number of nitrogens with one attached hydrogen (secondary N) is 2. The van der Waals surface area contributed by atoms with Crippen molar-refractivity contribution in [3.05, 3.63) is 78.4 Å².